The van der Waals surface area contributed by atoms with Crippen molar-refractivity contribution in [3.8, 4) is 0 Å². The van der Waals surface area contributed by atoms with Crippen LogP contribution < -0.4 is 0 Å². The van der Waals surface area contributed by atoms with Gasteiger partial charge in [-0.1, -0.05) is 106 Å². The van der Waals surface area contributed by atoms with Gasteiger partial charge in [0.25, 0.3) is 0 Å². The lowest BCUT2D eigenvalue weighted by Crippen LogP contribution is -2.45. The van der Waals surface area contributed by atoms with Crippen LogP contribution in [-0.4, -0.2) is 16.6 Å². The molecule has 0 saturated carbocycles. The molecule has 0 aliphatic rings. The molecule has 0 unspecified atom stereocenters. The van der Waals surface area contributed by atoms with Crippen LogP contribution in [-0.2, 0) is 4.12 Å². The average molecular weight is 427 g/mol. The summed E-state index contributed by atoms with van der Waals surface area (Å²) in [5.41, 5.74) is 2.83. The Morgan fingerprint density at radius 2 is 1.14 bits per heavy atom. The number of hydrogen-bond donors (Lipinski definition) is 0. The van der Waals surface area contributed by atoms with Crippen molar-refractivity contribution < 1.29 is 4.12 Å². The molecular weight excluding hydrogens is 384 g/mol. The maximum Gasteiger partial charge on any atom is 0.174 e. The normalized spacial score (nSPS) is 12.5. The number of hydrogen-bond acceptors (Lipinski definition) is 1. The molecule has 29 heavy (non-hydrogen) atoms. The average Bonchev–Trinajstić information content (AvgIpc) is 2.69. The van der Waals surface area contributed by atoms with Crippen molar-refractivity contribution in [3.63, 3.8) is 0 Å². The van der Waals surface area contributed by atoms with Gasteiger partial charge in [0.2, 0.25) is 0 Å². The first-order valence-electron chi connectivity index (χ1n) is 11.6. The van der Waals surface area contributed by atoms with E-state index < -0.39 is 16.6 Å². The number of unbranched alkanes of at least 4 members (excludes halogenated alkanes) is 5. The first-order chi connectivity index (χ1) is 13.8. The molecule has 0 aliphatic carbocycles. The maximum atomic E-state index is 7.00. The van der Waals surface area contributed by atoms with Crippen molar-refractivity contribution >= 4 is 16.6 Å². The molecule has 0 radical (unpaired) electrons. The third kappa shape index (κ3) is 9.02. The molecule has 1 nitrogen and oxygen atoms in total. The van der Waals surface area contributed by atoms with Crippen LogP contribution in [0.2, 0.25) is 38.3 Å². The Hall–Kier alpha value is -1.17. The van der Waals surface area contributed by atoms with Gasteiger partial charge >= 0.3 is 0 Å². The Morgan fingerprint density at radius 3 is 1.66 bits per heavy atom. The summed E-state index contributed by atoms with van der Waals surface area (Å²) in [4.78, 5) is 0. The fourth-order valence-electron chi connectivity index (χ4n) is 4.46. The predicted molar refractivity (Wildman–Crippen MR) is 134 cm³/mol. The van der Waals surface area contributed by atoms with Crippen LogP contribution in [0.25, 0.3) is 0 Å². The van der Waals surface area contributed by atoms with Gasteiger partial charge in [-0.25, -0.2) is 0 Å². The Morgan fingerprint density at radius 1 is 0.655 bits per heavy atom. The molecule has 2 aromatic rings. The summed E-state index contributed by atoms with van der Waals surface area (Å²) in [5.74, 6) is 0.429. The molecular formula is C26H42OSi2. The van der Waals surface area contributed by atoms with Crippen molar-refractivity contribution in [2.75, 3.05) is 0 Å². The van der Waals surface area contributed by atoms with E-state index in [4.69, 9.17) is 4.12 Å². The van der Waals surface area contributed by atoms with Crippen molar-refractivity contribution in [1.82, 2.24) is 0 Å². The van der Waals surface area contributed by atoms with E-state index in [1.54, 1.807) is 0 Å². The summed E-state index contributed by atoms with van der Waals surface area (Å²) in [7, 11) is -3.40. The summed E-state index contributed by atoms with van der Waals surface area (Å²) in [5, 5.41) is 0. The summed E-state index contributed by atoms with van der Waals surface area (Å²) in [6.07, 6.45) is 8.22. The molecule has 0 atom stereocenters. The monoisotopic (exact) mass is 426 g/mol. The zero-order valence-electron chi connectivity index (χ0n) is 19.4. The topological polar surface area (TPSA) is 9.23 Å². The van der Waals surface area contributed by atoms with Gasteiger partial charge in [0.1, 0.15) is 0 Å². The Bertz CT molecular complexity index is 643. The molecule has 2 rings (SSSR count). The van der Waals surface area contributed by atoms with Gasteiger partial charge in [-0.3, -0.25) is 0 Å². The van der Waals surface area contributed by atoms with E-state index in [0.717, 1.165) is 6.04 Å². The largest absolute Gasteiger partial charge is 0.455 e. The minimum Gasteiger partial charge on any atom is -0.455 e. The van der Waals surface area contributed by atoms with E-state index >= 15 is 0 Å². The van der Waals surface area contributed by atoms with E-state index in [2.05, 4.69) is 93.8 Å². The lowest BCUT2D eigenvalue weighted by molar-refractivity contribution is 0.523. The second-order valence-electron chi connectivity index (χ2n) is 9.72. The quantitative estimate of drug-likeness (QED) is 0.230. The Kier molecular flexibility index (Phi) is 9.87. The minimum absolute atomic E-state index is 0.429. The van der Waals surface area contributed by atoms with Crippen LogP contribution in [0.4, 0.5) is 0 Å². The lowest BCUT2D eigenvalue weighted by atomic mass is 9.93. The van der Waals surface area contributed by atoms with Gasteiger partial charge in [0.15, 0.2) is 16.6 Å². The van der Waals surface area contributed by atoms with E-state index in [0.29, 0.717) is 5.92 Å². The first kappa shape index (κ1) is 24.1. The molecule has 0 saturated heterocycles. The fourth-order valence-corrected chi connectivity index (χ4v) is 13.7. The predicted octanol–water partition coefficient (Wildman–Crippen LogP) is 8.61. The molecule has 0 aliphatic heterocycles. The highest BCUT2D eigenvalue weighted by atomic mass is 28.4. The molecule has 3 heteroatoms. The van der Waals surface area contributed by atoms with Crippen LogP contribution in [0.5, 0.6) is 0 Å². The summed E-state index contributed by atoms with van der Waals surface area (Å²) in [6.45, 7) is 12.0. The summed E-state index contributed by atoms with van der Waals surface area (Å²) >= 11 is 0. The minimum atomic E-state index is -1.79. The molecule has 0 bridgehead atoms. The highest BCUT2D eigenvalue weighted by molar-refractivity contribution is 6.84. The first-order valence-corrected chi connectivity index (χ1v) is 17.9. The van der Waals surface area contributed by atoms with Crippen molar-refractivity contribution in [3.05, 3.63) is 71.8 Å². The van der Waals surface area contributed by atoms with Crippen molar-refractivity contribution in [2.45, 2.75) is 89.6 Å². The number of benzene rings is 2. The van der Waals surface area contributed by atoms with Crippen LogP contribution in [0.15, 0.2) is 60.7 Å². The zero-order valence-corrected chi connectivity index (χ0v) is 21.4. The third-order valence-corrected chi connectivity index (χ3v) is 13.2. The third-order valence-electron chi connectivity index (χ3n) is 5.78. The van der Waals surface area contributed by atoms with Gasteiger partial charge in [0.05, 0.1) is 0 Å². The van der Waals surface area contributed by atoms with E-state index in [-0.39, 0.29) is 0 Å². The van der Waals surface area contributed by atoms with Crippen LogP contribution in [0.1, 0.15) is 62.5 Å². The number of rotatable bonds is 13. The van der Waals surface area contributed by atoms with E-state index in [1.807, 2.05) is 0 Å². The van der Waals surface area contributed by atoms with E-state index in [9.17, 15) is 0 Å². The molecule has 0 N–H and O–H groups in total. The smallest absolute Gasteiger partial charge is 0.174 e. The molecule has 160 valence electrons. The van der Waals surface area contributed by atoms with Crippen LogP contribution in [0, 0.1) is 0 Å². The second-order valence-corrected chi connectivity index (χ2v) is 18.5. The zero-order chi connectivity index (χ0) is 21.2. The highest BCUT2D eigenvalue weighted by Crippen LogP contribution is 2.35. The van der Waals surface area contributed by atoms with Gasteiger partial charge in [-0.05, 0) is 49.4 Å². The molecule has 0 fully saturated rings. The highest BCUT2D eigenvalue weighted by Gasteiger charge is 2.35. The molecule has 0 aromatic heterocycles. The maximum absolute atomic E-state index is 7.00. The Balaban J connectivity index is 2.00. The molecule has 0 heterocycles. The Labute approximate surface area is 182 Å². The van der Waals surface area contributed by atoms with Crippen LogP contribution in [0.3, 0.4) is 0 Å². The SMILES string of the molecule is CCCCCCCC[Si](C)(C)O[Si](C)(C)CC(c1ccccc1)c1ccccc1. The molecule has 2 aromatic carbocycles. The summed E-state index contributed by atoms with van der Waals surface area (Å²) < 4.78 is 7.00. The summed E-state index contributed by atoms with van der Waals surface area (Å²) in [6, 6.07) is 24.4. The van der Waals surface area contributed by atoms with Gasteiger partial charge in [-0.15, -0.1) is 0 Å². The van der Waals surface area contributed by atoms with E-state index in [1.165, 1.54) is 55.7 Å². The molecule has 0 spiro atoms. The van der Waals surface area contributed by atoms with Gasteiger partial charge in [0, 0.05) is 5.92 Å². The second kappa shape index (κ2) is 11.9. The lowest BCUT2D eigenvalue weighted by Gasteiger charge is -2.36. The molecule has 0 amide bonds. The standard InChI is InChI=1S/C26H42OSi2/c1-6-7-8-9-10-17-22-28(2,3)27-29(4,5)23-26(24-18-13-11-14-19-24)25-20-15-12-16-21-25/h11-16,18-21,26H,6-10,17,22-23H2,1-5H3. The van der Waals surface area contributed by atoms with Crippen molar-refractivity contribution in [2.24, 2.45) is 0 Å². The van der Waals surface area contributed by atoms with Crippen LogP contribution >= 0.6 is 0 Å². The van der Waals surface area contributed by atoms with Gasteiger partial charge in [-0.2, -0.15) is 0 Å². The fraction of sp³-hybridized carbons (Fsp3) is 0.538. The van der Waals surface area contributed by atoms with Gasteiger partial charge < -0.3 is 4.12 Å². The van der Waals surface area contributed by atoms with Crippen molar-refractivity contribution in [1.29, 1.82) is 0 Å².